The van der Waals surface area contributed by atoms with Crippen molar-refractivity contribution in [1.82, 2.24) is 4.90 Å². The van der Waals surface area contributed by atoms with Gasteiger partial charge in [-0.05, 0) is 37.4 Å². The molecule has 1 aliphatic rings. The molecule has 1 heterocycles. The van der Waals surface area contributed by atoms with Crippen LogP contribution in [0.5, 0.6) is 0 Å². The fourth-order valence-electron chi connectivity index (χ4n) is 3.12. The predicted molar refractivity (Wildman–Crippen MR) is 84.4 cm³/mol. The first-order chi connectivity index (χ1) is 10.5. The van der Waals surface area contributed by atoms with E-state index in [9.17, 15) is 4.79 Å². The number of amides is 1. The molecule has 0 spiro atoms. The largest absolute Gasteiger partial charge is 0.384 e. The summed E-state index contributed by atoms with van der Waals surface area (Å²) in [5, 5.41) is 3.58. The van der Waals surface area contributed by atoms with Crippen molar-refractivity contribution in [2.45, 2.75) is 32.4 Å². The number of carbonyl (C=O) groups excluding carboxylic acids is 1. The summed E-state index contributed by atoms with van der Waals surface area (Å²) in [5.41, 5.74) is 9.62. The summed E-state index contributed by atoms with van der Waals surface area (Å²) in [4.78, 5) is 17.6. The third-order valence-electron chi connectivity index (χ3n) is 4.56. The lowest BCUT2D eigenvalue weighted by atomic mass is 9.88. The van der Waals surface area contributed by atoms with Crippen molar-refractivity contribution in [3.05, 3.63) is 45.8 Å². The molecule has 6 nitrogen and oxygen atoms in total. The van der Waals surface area contributed by atoms with Gasteiger partial charge in [0.15, 0.2) is 0 Å². The van der Waals surface area contributed by atoms with Crippen molar-refractivity contribution >= 4 is 5.91 Å². The fraction of sp³-hybridized carbons (Fsp3) is 0.562. The molecule has 0 radical (unpaired) electrons. The molecule has 1 aromatic carbocycles. The van der Waals surface area contributed by atoms with E-state index in [0.717, 1.165) is 18.5 Å². The van der Waals surface area contributed by atoms with Gasteiger partial charge < -0.3 is 9.64 Å². The molecule has 1 atom stereocenters. The average molecular weight is 302 g/mol. The van der Waals surface area contributed by atoms with Crippen LogP contribution in [0.25, 0.3) is 10.4 Å². The highest BCUT2D eigenvalue weighted by Crippen LogP contribution is 2.36. The lowest BCUT2D eigenvalue weighted by molar-refractivity contribution is 0.0501. The van der Waals surface area contributed by atoms with Gasteiger partial charge >= 0.3 is 0 Å². The predicted octanol–water partition coefficient (Wildman–Crippen LogP) is 3.38. The SMILES string of the molecule is COCC1CCN(C(=O)c2ccccc2CN=[N+]=[N-])C1(C)C. The Kier molecular flexibility index (Phi) is 5.06. The summed E-state index contributed by atoms with van der Waals surface area (Å²) >= 11 is 0. The molecule has 0 aromatic heterocycles. The van der Waals surface area contributed by atoms with E-state index in [2.05, 4.69) is 23.9 Å². The second-order valence-corrected chi connectivity index (χ2v) is 6.10. The van der Waals surface area contributed by atoms with E-state index in [1.165, 1.54) is 0 Å². The van der Waals surface area contributed by atoms with Crippen LogP contribution in [0.15, 0.2) is 29.4 Å². The van der Waals surface area contributed by atoms with Crippen molar-refractivity contribution in [3.8, 4) is 0 Å². The Morgan fingerprint density at radius 3 is 2.91 bits per heavy atom. The zero-order valence-electron chi connectivity index (χ0n) is 13.3. The summed E-state index contributed by atoms with van der Waals surface area (Å²) in [5.74, 6) is 0.318. The Balaban J connectivity index is 2.27. The van der Waals surface area contributed by atoms with Gasteiger partial charge in [0.1, 0.15) is 0 Å². The average Bonchev–Trinajstić information content (AvgIpc) is 2.80. The Labute approximate surface area is 130 Å². The molecule has 1 aromatic rings. The van der Waals surface area contributed by atoms with Gasteiger partial charge in [0.2, 0.25) is 0 Å². The molecule has 0 N–H and O–H groups in total. The number of methoxy groups -OCH3 is 1. The number of nitrogens with zero attached hydrogens (tertiary/aromatic N) is 4. The van der Waals surface area contributed by atoms with E-state index in [-0.39, 0.29) is 18.0 Å². The number of hydrogen-bond acceptors (Lipinski definition) is 3. The fourth-order valence-corrected chi connectivity index (χ4v) is 3.12. The zero-order chi connectivity index (χ0) is 16.2. The van der Waals surface area contributed by atoms with Gasteiger partial charge in [-0.15, -0.1) is 0 Å². The lowest BCUT2D eigenvalue weighted by Gasteiger charge is -2.36. The summed E-state index contributed by atoms with van der Waals surface area (Å²) < 4.78 is 5.28. The number of likely N-dealkylation sites (tertiary alicyclic amines) is 1. The van der Waals surface area contributed by atoms with Crippen LogP contribution in [0.1, 0.15) is 36.2 Å². The highest BCUT2D eigenvalue weighted by Gasteiger charge is 2.44. The maximum absolute atomic E-state index is 12.9. The number of benzene rings is 1. The molecule has 1 aliphatic heterocycles. The topological polar surface area (TPSA) is 78.3 Å². The standard InChI is InChI=1S/C16H22N4O2/c1-16(2)13(11-22-3)8-9-20(16)15(21)14-7-5-4-6-12(14)10-18-19-17/h4-7,13H,8-11H2,1-3H3. The van der Waals surface area contributed by atoms with E-state index in [1.54, 1.807) is 13.2 Å². The van der Waals surface area contributed by atoms with E-state index >= 15 is 0 Å². The molecule has 1 fully saturated rings. The zero-order valence-corrected chi connectivity index (χ0v) is 13.3. The van der Waals surface area contributed by atoms with Crippen molar-refractivity contribution < 1.29 is 9.53 Å². The number of azide groups is 1. The van der Waals surface area contributed by atoms with Crippen molar-refractivity contribution in [3.63, 3.8) is 0 Å². The van der Waals surface area contributed by atoms with E-state index < -0.39 is 0 Å². The van der Waals surface area contributed by atoms with Gasteiger partial charge in [-0.2, -0.15) is 0 Å². The van der Waals surface area contributed by atoms with Gasteiger partial charge in [0.05, 0.1) is 13.2 Å². The van der Waals surface area contributed by atoms with E-state index in [4.69, 9.17) is 10.3 Å². The first-order valence-electron chi connectivity index (χ1n) is 7.42. The molecular weight excluding hydrogens is 280 g/mol. The molecular formula is C16H22N4O2. The highest BCUT2D eigenvalue weighted by atomic mass is 16.5. The maximum atomic E-state index is 12.9. The second-order valence-electron chi connectivity index (χ2n) is 6.10. The number of rotatable bonds is 5. The van der Waals surface area contributed by atoms with Crippen molar-refractivity contribution in [2.75, 3.05) is 20.3 Å². The minimum atomic E-state index is -0.251. The highest BCUT2D eigenvalue weighted by molar-refractivity contribution is 5.96. The second kappa shape index (κ2) is 6.81. The number of hydrogen-bond donors (Lipinski definition) is 0. The Morgan fingerprint density at radius 2 is 2.23 bits per heavy atom. The van der Waals surface area contributed by atoms with Crippen LogP contribution < -0.4 is 0 Å². The normalized spacial score (nSPS) is 19.8. The summed E-state index contributed by atoms with van der Waals surface area (Å²) in [6, 6.07) is 7.31. The van der Waals surface area contributed by atoms with Gasteiger partial charge in [0.25, 0.3) is 5.91 Å². The first kappa shape index (κ1) is 16.3. The number of carbonyl (C=O) groups is 1. The molecule has 22 heavy (non-hydrogen) atoms. The Morgan fingerprint density at radius 1 is 1.50 bits per heavy atom. The maximum Gasteiger partial charge on any atom is 0.254 e. The van der Waals surface area contributed by atoms with Crippen LogP contribution in [0.3, 0.4) is 0 Å². The third-order valence-corrected chi connectivity index (χ3v) is 4.56. The van der Waals surface area contributed by atoms with Crippen LogP contribution in [-0.4, -0.2) is 36.6 Å². The summed E-state index contributed by atoms with van der Waals surface area (Å²) in [6.07, 6.45) is 0.936. The third kappa shape index (κ3) is 3.08. The molecule has 0 bridgehead atoms. The first-order valence-corrected chi connectivity index (χ1v) is 7.42. The smallest absolute Gasteiger partial charge is 0.254 e. The molecule has 6 heteroatoms. The number of ether oxygens (including phenoxy) is 1. The minimum Gasteiger partial charge on any atom is -0.384 e. The molecule has 2 rings (SSSR count). The van der Waals surface area contributed by atoms with Gasteiger partial charge in [0, 0.05) is 35.6 Å². The van der Waals surface area contributed by atoms with Crippen LogP contribution in [0, 0.1) is 5.92 Å². The molecule has 0 aliphatic carbocycles. The molecule has 118 valence electrons. The monoisotopic (exact) mass is 302 g/mol. The van der Waals surface area contributed by atoms with Gasteiger partial charge in [-0.3, -0.25) is 4.79 Å². The van der Waals surface area contributed by atoms with Gasteiger partial charge in [-0.25, -0.2) is 0 Å². The van der Waals surface area contributed by atoms with Crippen LogP contribution >= 0.6 is 0 Å². The van der Waals surface area contributed by atoms with E-state index in [0.29, 0.717) is 18.1 Å². The Hall–Kier alpha value is -2.04. The minimum absolute atomic E-state index is 0.00709. The van der Waals surface area contributed by atoms with Crippen LogP contribution in [0.4, 0.5) is 0 Å². The van der Waals surface area contributed by atoms with Crippen molar-refractivity contribution in [2.24, 2.45) is 11.0 Å². The van der Waals surface area contributed by atoms with Gasteiger partial charge in [-0.1, -0.05) is 23.3 Å². The van der Waals surface area contributed by atoms with E-state index in [1.807, 2.05) is 23.1 Å². The molecule has 1 saturated heterocycles. The quantitative estimate of drug-likeness (QED) is 0.475. The molecule has 1 amide bonds. The molecule has 0 saturated carbocycles. The van der Waals surface area contributed by atoms with Crippen LogP contribution in [-0.2, 0) is 11.3 Å². The van der Waals surface area contributed by atoms with Crippen molar-refractivity contribution in [1.29, 1.82) is 0 Å². The molecule has 1 unspecified atom stereocenters. The van der Waals surface area contributed by atoms with Crippen LogP contribution in [0.2, 0.25) is 0 Å². The summed E-state index contributed by atoms with van der Waals surface area (Å²) in [6.45, 7) is 5.72. The Bertz CT molecular complexity index is 594. The lowest BCUT2D eigenvalue weighted by Crippen LogP contribution is -2.47. The summed E-state index contributed by atoms with van der Waals surface area (Å²) in [7, 11) is 1.69.